The largest absolute Gasteiger partial charge is 0.481 e. The van der Waals surface area contributed by atoms with Crippen molar-refractivity contribution in [1.82, 2.24) is 4.90 Å². The van der Waals surface area contributed by atoms with Gasteiger partial charge < -0.3 is 14.9 Å². The summed E-state index contributed by atoms with van der Waals surface area (Å²) in [5.74, 6) is -2.43. The van der Waals surface area contributed by atoms with Crippen molar-refractivity contribution in [2.75, 3.05) is 55.5 Å². The molecule has 0 aliphatic carbocycles. The Balaban J connectivity index is 3.70. The number of carbonyl (C=O) groups is 2. The van der Waals surface area contributed by atoms with E-state index in [9.17, 15) is 36.5 Å². The summed E-state index contributed by atoms with van der Waals surface area (Å²) >= 11 is 3.22. The molecule has 0 saturated carbocycles. The number of hydrogen-bond donors (Lipinski definition) is 1. The lowest BCUT2D eigenvalue weighted by Gasteiger charge is -2.27. The highest BCUT2D eigenvalue weighted by atomic mass is 79.9. The molecule has 1 aromatic rings. The van der Waals surface area contributed by atoms with Crippen molar-refractivity contribution >= 4 is 59.1 Å². The fourth-order valence-corrected chi connectivity index (χ4v) is 4.77. The van der Waals surface area contributed by atoms with E-state index in [4.69, 9.17) is 9.29 Å². The van der Waals surface area contributed by atoms with Gasteiger partial charge in [0.25, 0.3) is 21.7 Å². The van der Waals surface area contributed by atoms with Crippen LogP contribution in [-0.2, 0) is 28.9 Å². The zero-order chi connectivity index (χ0) is 26.3. The predicted molar refractivity (Wildman–Crippen MR) is 127 cm³/mol. The monoisotopic (exact) mass is 587 g/mol. The number of nitrogens with zero attached hydrogens (tertiary/aromatic N) is 3. The predicted octanol–water partition coefficient (Wildman–Crippen LogP) is 1.11. The summed E-state index contributed by atoms with van der Waals surface area (Å²) in [6.45, 7) is 0.829. The number of halogens is 1. The van der Waals surface area contributed by atoms with Gasteiger partial charge in [0.2, 0.25) is 0 Å². The quantitative estimate of drug-likeness (QED) is 0.142. The number of aliphatic carboxylic acids is 1. The average molecular weight is 588 g/mol. The van der Waals surface area contributed by atoms with Crippen LogP contribution in [0.15, 0.2) is 17.0 Å². The molecule has 1 N–H and O–H groups in total. The van der Waals surface area contributed by atoms with Gasteiger partial charge in [0.05, 0.1) is 40.5 Å². The molecule has 0 fully saturated rings. The molecule has 0 aliphatic heterocycles. The second-order valence-corrected chi connectivity index (χ2v) is 11.8. The van der Waals surface area contributed by atoms with E-state index in [1.807, 2.05) is 0 Å². The van der Waals surface area contributed by atoms with E-state index in [1.54, 1.807) is 0 Å². The number of carboxylic acids is 1. The number of sulfone groups is 1. The third-order valence-electron chi connectivity index (χ3n) is 4.58. The van der Waals surface area contributed by atoms with Crippen LogP contribution < -0.4 is 4.90 Å². The number of hydrogen-bond acceptors (Lipinski definition) is 10. The summed E-state index contributed by atoms with van der Waals surface area (Å²) in [7, 11) is -6.52. The minimum Gasteiger partial charge on any atom is -0.481 e. The molecule has 0 aliphatic rings. The smallest absolute Gasteiger partial charge is 0.305 e. The standard InChI is InChI=1S/C18H26BrN3O10S2/c1-4-34(30,31)16-12-14(22(26)27)13(18(25)20(2)7-5-17(23)24)11-15(16)21(8-6-19)9-10-32-33(3,28)29/h11-12H,4-10H2,1-3H3,(H,23,24). The van der Waals surface area contributed by atoms with E-state index in [2.05, 4.69) is 15.9 Å². The Hall–Kier alpha value is -2.30. The fraction of sp³-hybridized carbons (Fsp3) is 0.556. The van der Waals surface area contributed by atoms with Gasteiger partial charge in [0.1, 0.15) is 5.56 Å². The van der Waals surface area contributed by atoms with E-state index >= 15 is 0 Å². The van der Waals surface area contributed by atoms with E-state index in [0.29, 0.717) is 5.33 Å². The molecule has 16 heteroatoms. The number of alkyl halides is 1. The Kier molecular flexibility index (Phi) is 10.9. The van der Waals surface area contributed by atoms with Crippen molar-refractivity contribution in [3.8, 4) is 0 Å². The lowest BCUT2D eigenvalue weighted by atomic mass is 10.1. The molecule has 192 valence electrons. The lowest BCUT2D eigenvalue weighted by Crippen LogP contribution is -2.33. The van der Waals surface area contributed by atoms with Crippen LogP contribution in [0.2, 0.25) is 0 Å². The normalized spacial score (nSPS) is 11.8. The van der Waals surface area contributed by atoms with Crippen molar-refractivity contribution in [3.63, 3.8) is 0 Å². The number of rotatable bonds is 14. The second-order valence-electron chi connectivity index (χ2n) is 7.07. The molecule has 0 heterocycles. The van der Waals surface area contributed by atoms with Crippen LogP contribution in [0.3, 0.4) is 0 Å². The van der Waals surface area contributed by atoms with E-state index in [-0.39, 0.29) is 37.7 Å². The van der Waals surface area contributed by atoms with Crippen molar-refractivity contribution in [2.45, 2.75) is 18.2 Å². The molecule has 0 unspecified atom stereocenters. The lowest BCUT2D eigenvalue weighted by molar-refractivity contribution is -0.385. The van der Waals surface area contributed by atoms with Crippen LogP contribution in [0.4, 0.5) is 11.4 Å². The Morgan fingerprint density at radius 1 is 1.18 bits per heavy atom. The minimum atomic E-state index is -4.01. The summed E-state index contributed by atoms with van der Waals surface area (Å²) in [6.07, 6.45) is 0.453. The first-order chi connectivity index (χ1) is 15.6. The molecular formula is C18H26BrN3O10S2. The molecule has 0 saturated heterocycles. The average Bonchev–Trinajstić information content (AvgIpc) is 2.74. The first-order valence-corrected chi connectivity index (χ1v) is 14.4. The summed E-state index contributed by atoms with van der Waals surface area (Å²) in [5, 5.41) is 20.9. The number of benzene rings is 1. The summed E-state index contributed by atoms with van der Waals surface area (Å²) < 4.78 is 52.9. The maximum absolute atomic E-state index is 12.9. The maximum atomic E-state index is 12.9. The number of nitro benzene ring substituents is 1. The van der Waals surface area contributed by atoms with Crippen LogP contribution in [0.25, 0.3) is 0 Å². The second kappa shape index (κ2) is 12.4. The Labute approximate surface area is 206 Å². The molecule has 1 amide bonds. The zero-order valence-corrected chi connectivity index (χ0v) is 22.0. The van der Waals surface area contributed by atoms with Gasteiger partial charge in [-0.2, -0.15) is 8.42 Å². The summed E-state index contributed by atoms with van der Waals surface area (Å²) in [6, 6.07) is 1.86. The van der Waals surface area contributed by atoms with Gasteiger partial charge in [-0.1, -0.05) is 22.9 Å². The van der Waals surface area contributed by atoms with Gasteiger partial charge in [-0.15, -0.1) is 0 Å². The SMILES string of the molecule is CCS(=O)(=O)c1cc([N+](=O)[O-])c(C(=O)N(C)CCC(=O)O)cc1N(CCBr)CCOS(C)(=O)=O. The highest BCUT2D eigenvalue weighted by Crippen LogP contribution is 2.34. The Morgan fingerprint density at radius 3 is 2.26 bits per heavy atom. The molecular weight excluding hydrogens is 562 g/mol. The highest BCUT2D eigenvalue weighted by molar-refractivity contribution is 9.09. The van der Waals surface area contributed by atoms with E-state index in [1.165, 1.54) is 18.9 Å². The van der Waals surface area contributed by atoms with Gasteiger partial charge in [-0.25, -0.2) is 8.42 Å². The van der Waals surface area contributed by atoms with Gasteiger partial charge >= 0.3 is 5.97 Å². The van der Waals surface area contributed by atoms with E-state index < -0.39 is 59.3 Å². The topological polar surface area (TPSA) is 181 Å². The molecule has 13 nitrogen and oxygen atoms in total. The third kappa shape index (κ3) is 8.48. The van der Waals surface area contributed by atoms with Crippen molar-refractivity contribution in [1.29, 1.82) is 0 Å². The van der Waals surface area contributed by atoms with Crippen LogP contribution in [-0.4, -0.2) is 94.3 Å². The van der Waals surface area contributed by atoms with Crippen molar-refractivity contribution in [3.05, 3.63) is 27.8 Å². The number of amides is 1. The minimum absolute atomic E-state index is 0.0426. The molecule has 0 atom stereocenters. The van der Waals surface area contributed by atoms with Crippen LogP contribution in [0.1, 0.15) is 23.7 Å². The molecule has 0 radical (unpaired) electrons. The fourth-order valence-electron chi connectivity index (χ4n) is 2.86. The maximum Gasteiger partial charge on any atom is 0.305 e. The first kappa shape index (κ1) is 29.7. The van der Waals surface area contributed by atoms with Gasteiger partial charge in [-0.3, -0.25) is 23.9 Å². The number of anilines is 1. The van der Waals surface area contributed by atoms with Gasteiger partial charge in [-0.05, 0) is 6.07 Å². The molecule has 0 aromatic heterocycles. The van der Waals surface area contributed by atoms with Crippen LogP contribution >= 0.6 is 15.9 Å². The zero-order valence-electron chi connectivity index (χ0n) is 18.8. The van der Waals surface area contributed by atoms with Gasteiger partial charge in [0, 0.05) is 38.1 Å². The van der Waals surface area contributed by atoms with E-state index in [0.717, 1.165) is 23.3 Å². The number of nitro groups is 1. The number of carboxylic acid groups (broad SMARTS) is 1. The summed E-state index contributed by atoms with van der Waals surface area (Å²) in [4.78, 5) is 36.6. The van der Waals surface area contributed by atoms with Crippen molar-refractivity contribution < 1.29 is 40.6 Å². The molecule has 1 aromatic carbocycles. The third-order valence-corrected chi connectivity index (χ3v) is 7.29. The molecule has 0 bridgehead atoms. The Bertz CT molecular complexity index is 1140. The summed E-state index contributed by atoms with van der Waals surface area (Å²) in [5.41, 5.74) is -1.24. The van der Waals surface area contributed by atoms with Crippen LogP contribution in [0.5, 0.6) is 0 Å². The van der Waals surface area contributed by atoms with Gasteiger partial charge in [0.15, 0.2) is 9.84 Å². The van der Waals surface area contributed by atoms with Crippen molar-refractivity contribution in [2.24, 2.45) is 0 Å². The molecule has 0 spiro atoms. The highest BCUT2D eigenvalue weighted by Gasteiger charge is 2.31. The first-order valence-electron chi connectivity index (χ1n) is 9.82. The molecule has 34 heavy (non-hydrogen) atoms. The molecule has 1 rings (SSSR count). The Morgan fingerprint density at radius 2 is 1.79 bits per heavy atom. The van der Waals surface area contributed by atoms with Crippen LogP contribution in [0, 0.1) is 10.1 Å². The number of carbonyl (C=O) groups excluding carboxylic acids is 1.